The average Bonchev–Trinajstić information content (AvgIpc) is 2.87. The number of likely N-dealkylation sites (tertiary alicyclic amines) is 1. The molecule has 0 unspecified atom stereocenters. The third-order valence-corrected chi connectivity index (χ3v) is 3.85. The summed E-state index contributed by atoms with van der Waals surface area (Å²) in [6.45, 7) is 8.85. The summed E-state index contributed by atoms with van der Waals surface area (Å²) in [5.41, 5.74) is 10.2. The van der Waals surface area contributed by atoms with Crippen molar-refractivity contribution in [2.75, 3.05) is 18.5 Å². The van der Waals surface area contributed by atoms with Gasteiger partial charge in [0, 0.05) is 29.9 Å². The topological polar surface area (TPSA) is 27.3 Å². The molecule has 19 heavy (non-hydrogen) atoms. The summed E-state index contributed by atoms with van der Waals surface area (Å²) in [4.78, 5) is 2.49. The average molecular weight is 280 g/mol. The Morgan fingerprint density at radius 1 is 1.26 bits per heavy atom. The molecule has 1 aromatic carbocycles. The molecule has 1 saturated heterocycles. The van der Waals surface area contributed by atoms with Gasteiger partial charge < -0.3 is 10.9 Å². The first kappa shape index (κ1) is 14.2. The zero-order chi connectivity index (χ0) is 13.8. The van der Waals surface area contributed by atoms with Gasteiger partial charge in [0.1, 0.15) is 0 Å². The summed E-state index contributed by atoms with van der Waals surface area (Å²) in [6.07, 6.45) is 1.15. The molecular weight excluding hydrogens is 258 g/mol. The Bertz CT molecular complexity index is 451. The molecule has 3 nitrogen and oxygen atoms in total. The van der Waals surface area contributed by atoms with Gasteiger partial charge in [0.2, 0.25) is 0 Å². The number of halogens is 1. The van der Waals surface area contributed by atoms with E-state index >= 15 is 0 Å². The summed E-state index contributed by atoms with van der Waals surface area (Å²) in [7, 11) is 0. The van der Waals surface area contributed by atoms with Gasteiger partial charge in [0.15, 0.2) is 0 Å². The minimum Gasteiger partial charge on any atom is -0.305 e. The van der Waals surface area contributed by atoms with E-state index in [0.29, 0.717) is 6.04 Å². The molecule has 0 aromatic heterocycles. The largest absolute Gasteiger partial charge is 0.305 e. The lowest BCUT2D eigenvalue weighted by Gasteiger charge is -2.19. The molecule has 0 radical (unpaired) electrons. The van der Waals surface area contributed by atoms with Crippen LogP contribution in [0.5, 0.6) is 0 Å². The van der Waals surface area contributed by atoms with Crippen LogP contribution in [0.25, 0.3) is 0 Å². The predicted octanol–water partition coefficient (Wildman–Crippen LogP) is 3.64. The van der Waals surface area contributed by atoms with E-state index in [-0.39, 0.29) is 0 Å². The van der Waals surface area contributed by atoms with E-state index in [2.05, 4.69) is 36.5 Å². The first-order valence-electron chi connectivity index (χ1n) is 6.76. The fourth-order valence-corrected chi connectivity index (χ4v) is 2.34. The molecule has 1 aliphatic rings. The van der Waals surface area contributed by atoms with E-state index in [1.54, 1.807) is 0 Å². The Balaban J connectivity index is 1.90. The first-order valence-corrected chi connectivity index (χ1v) is 7.14. The highest BCUT2D eigenvalue weighted by Crippen LogP contribution is 2.20. The predicted molar refractivity (Wildman–Crippen MR) is 82.2 cm³/mol. The number of benzene rings is 1. The summed E-state index contributed by atoms with van der Waals surface area (Å²) in [5, 5.41) is 0.754. The summed E-state index contributed by atoms with van der Waals surface area (Å²) >= 11 is 5.86. The summed E-state index contributed by atoms with van der Waals surface area (Å²) in [6, 6.07) is 8.30. The molecule has 2 N–H and O–H groups in total. The quantitative estimate of drug-likeness (QED) is 0.824. The summed E-state index contributed by atoms with van der Waals surface area (Å²) in [5.74, 6) is 0. The van der Waals surface area contributed by atoms with E-state index in [1.807, 2.05) is 24.3 Å². The fraction of sp³-hybridized carbons (Fsp3) is 0.467. The molecule has 1 heterocycles. The first-order chi connectivity index (χ1) is 9.06. The van der Waals surface area contributed by atoms with Crippen LogP contribution in [0.2, 0.25) is 5.02 Å². The third-order valence-electron chi connectivity index (χ3n) is 3.59. The molecule has 1 fully saturated rings. The highest BCUT2D eigenvalue weighted by Gasteiger charge is 2.20. The maximum atomic E-state index is 5.86. The molecule has 0 aliphatic carbocycles. The monoisotopic (exact) mass is 279 g/mol. The van der Waals surface area contributed by atoms with Crippen molar-refractivity contribution in [2.24, 2.45) is 0 Å². The second-order valence-corrected chi connectivity index (χ2v) is 5.74. The maximum Gasteiger partial charge on any atom is 0.0540 e. The lowest BCUT2D eigenvalue weighted by atomic mass is 10.2. The minimum atomic E-state index is 0.620. The van der Waals surface area contributed by atoms with Crippen LogP contribution in [0.15, 0.2) is 35.5 Å². The number of rotatable bonds is 4. The van der Waals surface area contributed by atoms with Crippen LogP contribution in [0.1, 0.15) is 27.2 Å². The Morgan fingerprint density at radius 2 is 1.95 bits per heavy atom. The molecule has 0 bridgehead atoms. The van der Waals surface area contributed by atoms with E-state index in [9.17, 15) is 0 Å². The minimum absolute atomic E-state index is 0.620. The molecular formula is C15H22ClN3. The number of allylic oxidation sites excluding steroid dienone is 1. The van der Waals surface area contributed by atoms with Crippen LogP contribution in [-0.2, 0) is 0 Å². The van der Waals surface area contributed by atoms with E-state index in [0.717, 1.165) is 30.2 Å². The van der Waals surface area contributed by atoms with Crippen molar-refractivity contribution < 1.29 is 0 Å². The number of nitrogens with zero attached hydrogens (tertiary/aromatic N) is 1. The smallest absolute Gasteiger partial charge is 0.0540 e. The van der Waals surface area contributed by atoms with Gasteiger partial charge in [0.25, 0.3) is 0 Å². The SMILES string of the molecule is CC(NNc1ccc(Cl)cc1)=C1CCN(C(C)C)C1. The van der Waals surface area contributed by atoms with Crippen molar-refractivity contribution in [1.82, 2.24) is 10.3 Å². The highest BCUT2D eigenvalue weighted by molar-refractivity contribution is 6.30. The number of anilines is 1. The number of hydrogen-bond acceptors (Lipinski definition) is 3. The highest BCUT2D eigenvalue weighted by atomic mass is 35.5. The molecule has 0 amide bonds. The molecule has 104 valence electrons. The Hall–Kier alpha value is -1.19. The number of nitrogens with one attached hydrogen (secondary N) is 2. The van der Waals surface area contributed by atoms with Crippen LogP contribution < -0.4 is 10.9 Å². The molecule has 2 rings (SSSR count). The zero-order valence-corrected chi connectivity index (χ0v) is 12.6. The van der Waals surface area contributed by atoms with Gasteiger partial charge in [-0.3, -0.25) is 4.90 Å². The van der Waals surface area contributed by atoms with E-state index in [4.69, 9.17) is 11.6 Å². The Labute approximate surface area is 120 Å². The fourth-order valence-electron chi connectivity index (χ4n) is 2.22. The molecule has 1 aromatic rings. The van der Waals surface area contributed by atoms with Crippen LogP contribution in [0.4, 0.5) is 5.69 Å². The lowest BCUT2D eigenvalue weighted by Crippen LogP contribution is -2.28. The number of hydrogen-bond donors (Lipinski definition) is 2. The molecule has 0 atom stereocenters. The molecule has 4 heteroatoms. The maximum absolute atomic E-state index is 5.86. The Morgan fingerprint density at radius 3 is 2.53 bits per heavy atom. The zero-order valence-electron chi connectivity index (χ0n) is 11.8. The van der Waals surface area contributed by atoms with Crippen molar-refractivity contribution in [3.05, 3.63) is 40.6 Å². The number of hydrazine groups is 1. The van der Waals surface area contributed by atoms with Crippen molar-refractivity contribution in [1.29, 1.82) is 0 Å². The van der Waals surface area contributed by atoms with Gasteiger partial charge in [-0.1, -0.05) is 11.6 Å². The van der Waals surface area contributed by atoms with Gasteiger partial charge >= 0.3 is 0 Å². The third kappa shape index (κ3) is 3.88. The van der Waals surface area contributed by atoms with Gasteiger partial charge in [-0.2, -0.15) is 0 Å². The van der Waals surface area contributed by atoms with Crippen molar-refractivity contribution >= 4 is 17.3 Å². The van der Waals surface area contributed by atoms with Crippen LogP contribution >= 0.6 is 11.6 Å². The van der Waals surface area contributed by atoms with Crippen molar-refractivity contribution in [3.63, 3.8) is 0 Å². The van der Waals surface area contributed by atoms with Crippen LogP contribution in [0, 0.1) is 0 Å². The molecule has 0 spiro atoms. The molecule has 1 aliphatic heterocycles. The van der Waals surface area contributed by atoms with E-state index < -0.39 is 0 Å². The van der Waals surface area contributed by atoms with Gasteiger partial charge in [-0.15, -0.1) is 0 Å². The standard InChI is InChI=1S/C15H22ClN3/c1-11(2)19-9-8-13(10-19)12(3)17-18-15-6-4-14(16)5-7-15/h4-7,11,17-18H,8-10H2,1-3H3. The normalized spacial score (nSPS) is 18.8. The van der Waals surface area contributed by atoms with Crippen molar-refractivity contribution in [2.45, 2.75) is 33.2 Å². The van der Waals surface area contributed by atoms with Crippen LogP contribution in [-0.4, -0.2) is 24.0 Å². The second kappa shape index (κ2) is 6.31. The lowest BCUT2D eigenvalue weighted by molar-refractivity contribution is 0.281. The van der Waals surface area contributed by atoms with Gasteiger partial charge in [0.05, 0.1) is 5.69 Å². The van der Waals surface area contributed by atoms with Gasteiger partial charge in [-0.25, -0.2) is 0 Å². The van der Waals surface area contributed by atoms with E-state index in [1.165, 1.54) is 11.3 Å². The van der Waals surface area contributed by atoms with Crippen LogP contribution in [0.3, 0.4) is 0 Å². The second-order valence-electron chi connectivity index (χ2n) is 5.30. The summed E-state index contributed by atoms with van der Waals surface area (Å²) < 4.78 is 0. The Kier molecular flexibility index (Phi) is 4.72. The van der Waals surface area contributed by atoms with Gasteiger partial charge in [-0.05, 0) is 57.0 Å². The van der Waals surface area contributed by atoms with Crippen molar-refractivity contribution in [3.8, 4) is 0 Å². The molecule has 0 saturated carbocycles.